The van der Waals surface area contributed by atoms with E-state index in [1.165, 1.54) is 13.0 Å². The van der Waals surface area contributed by atoms with Gasteiger partial charge in [-0.05, 0) is 11.1 Å². The first-order chi connectivity index (χ1) is 7.99. The SMILES string of the molecule is CC(=O)OC1Cc2ccc([N+](=O)[O-])cc2C1C. The maximum atomic E-state index is 10.9. The van der Waals surface area contributed by atoms with Crippen LogP contribution in [0, 0.1) is 10.1 Å². The Labute approximate surface area is 98.5 Å². The van der Waals surface area contributed by atoms with Gasteiger partial charge in [0.2, 0.25) is 0 Å². The van der Waals surface area contributed by atoms with Gasteiger partial charge in [0.15, 0.2) is 0 Å². The third kappa shape index (κ3) is 2.13. The molecule has 0 amide bonds. The highest BCUT2D eigenvalue weighted by Crippen LogP contribution is 2.36. The molecule has 0 radical (unpaired) electrons. The molecular weight excluding hydrogens is 222 g/mol. The number of hydrogen-bond acceptors (Lipinski definition) is 4. The van der Waals surface area contributed by atoms with Crippen LogP contribution in [0.25, 0.3) is 0 Å². The average Bonchev–Trinajstić information content (AvgIpc) is 2.55. The number of benzene rings is 1. The number of fused-ring (bicyclic) bond motifs is 1. The van der Waals surface area contributed by atoms with E-state index >= 15 is 0 Å². The van der Waals surface area contributed by atoms with Crippen LogP contribution in [0.15, 0.2) is 18.2 Å². The van der Waals surface area contributed by atoms with Crippen LogP contribution in [0.4, 0.5) is 5.69 Å². The molecule has 90 valence electrons. The Morgan fingerprint density at radius 3 is 2.82 bits per heavy atom. The number of nitro benzene ring substituents is 1. The first kappa shape index (κ1) is 11.6. The number of esters is 1. The standard InChI is InChI=1S/C12H13NO4/c1-7-11-6-10(13(15)16)4-3-9(11)5-12(7)17-8(2)14/h3-4,6-7,12H,5H2,1-2H3. The molecule has 0 saturated carbocycles. The molecule has 5 heteroatoms. The van der Waals surface area contributed by atoms with E-state index in [4.69, 9.17) is 4.74 Å². The molecule has 2 atom stereocenters. The molecular formula is C12H13NO4. The number of carbonyl (C=O) groups is 1. The number of carbonyl (C=O) groups excluding carboxylic acids is 1. The number of hydrogen-bond donors (Lipinski definition) is 0. The molecule has 1 aromatic carbocycles. The summed E-state index contributed by atoms with van der Waals surface area (Å²) in [6.45, 7) is 3.29. The third-order valence-electron chi connectivity index (χ3n) is 3.13. The summed E-state index contributed by atoms with van der Waals surface area (Å²) in [6.07, 6.45) is 0.429. The number of nitro groups is 1. The van der Waals surface area contributed by atoms with Crippen molar-refractivity contribution in [3.63, 3.8) is 0 Å². The molecule has 17 heavy (non-hydrogen) atoms. The Morgan fingerprint density at radius 1 is 1.53 bits per heavy atom. The molecule has 5 nitrogen and oxygen atoms in total. The molecule has 0 aliphatic heterocycles. The maximum Gasteiger partial charge on any atom is 0.302 e. The molecule has 0 fully saturated rings. The fourth-order valence-corrected chi connectivity index (χ4v) is 2.26. The van der Waals surface area contributed by atoms with Gasteiger partial charge in [0.25, 0.3) is 5.69 Å². The fraction of sp³-hybridized carbons (Fsp3) is 0.417. The zero-order valence-corrected chi connectivity index (χ0v) is 9.67. The van der Waals surface area contributed by atoms with Gasteiger partial charge in [0.05, 0.1) is 4.92 Å². The summed E-state index contributed by atoms with van der Waals surface area (Å²) in [5, 5.41) is 10.7. The fourth-order valence-electron chi connectivity index (χ4n) is 2.26. The number of ether oxygens (including phenoxy) is 1. The van der Waals surface area contributed by atoms with Crippen LogP contribution in [0.2, 0.25) is 0 Å². The lowest BCUT2D eigenvalue weighted by Crippen LogP contribution is -2.19. The molecule has 0 N–H and O–H groups in total. The Balaban J connectivity index is 2.29. The van der Waals surface area contributed by atoms with E-state index in [0.717, 1.165) is 11.1 Å². The van der Waals surface area contributed by atoms with Crippen molar-refractivity contribution in [2.45, 2.75) is 32.3 Å². The zero-order valence-electron chi connectivity index (χ0n) is 9.67. The summed E-state index contributed by atoms with van der Waals surface area (Å²) < 4.78 is 5.20. The lowest BCUT2D eigenvalue weighted by atomic mass is 10.0. The Kier molecular flexibility index (Phi) is 2.83. The van der Waals surface area contributed by atoms with Gasteiger partial charge in [0, 0.05) is 31.4 Å². The van der Waals surface area contributed by atoms with Crippen molar-refractivity contribution in [3.8, 4) is 0 Å². The maximum absolute atomic E-state index is 10.9. The Morgan fingerprint density at radius 2 is 2.24 bits per heavy atom. The summed E-state index contributed by atoms with van der Waals surface area (Å²) in [5.41, 5.74) is 2.01. The highest BCUT2D eigenvalue weighted by molar-refractivity contribution is 5.66. The van der Waals surface area contributed by atoms with Gasteiger partial charge in [-0.1, -0.05) is 13.0 Å². The van der Waals surface area contributed by atoms with Crippen LogP contribution in [-0.4, -0.2) is 17.0 Å². The molecule has 0 bridgehead atoms. The van der Waals surface area contributed by atoms with Crippen LogP contribution in [-0.2, 0) is 16.0 Å². The molecule has 1 aliphatic rings. The van der Waals surface area contributed by atoms with E-state index in [1.54, 1.807) is 12.1 Å². The van der Waals surface area contributed by atoms with E-state index in [9.17, 15) is 14.9 Å². The van der Waals surface area contributed by atoms with E-state index in [1.807, 2.05) is 6.92 Å². The van der Waals surface area contributed by atoms with Crippen molar-refractivity contribution < 1.29 is 14.5 Å². The lowest BCUT2D eigenvalue weighted by Gasteiger charge is -2.15. The quantitative estimate of drug-likeness (QED) is 0.447. The van der Waals surface area contributed by atoms with Crippen molar-refractivity contribution in [2.24, 2.45) is 0 Å². The molecule has 2 unspecified atom stereocenters. The Hall–Kier alpha value is -1.91. The van der Waals surface area contributed by atoms with Gasteiger partial charge in [0.1, 0.15) is 6.10 Å². The van der Waals surface area contributed by atoms with Crippen LogP contribution >= 0.6 is 0 Å². The minimum Gasteiger partial charge on any atom is -0.462 e. The van der Waals surface area contributed by atoms with Crippen LogP contribution in [0.5, 0.6) is 0 Å². The van der Waals surface area contributed by atoms with Crippen molar-refractivity contribution >= 4 is 11.7 Å². The van der Waals surface area contributed by atoms with Crippen LogP contribution in [0.1, 0.15) is 30.9 Å². The highest BCUT2D eigenvalue weighted by Gasteiger charge is 2.32. The summed E-state index contributed by atoms with van der Waals surface area (Å²) in [4.78, 5) is 21.2. The predicted molar refractivity (Wildman–Crippen MR) is 60.8 cm³/mol. The number of rotatable bonds is 2. The minimum atomic E-state index is -0.411. The van der Waals surface area contributed by atoms with Crippen molar-refractivity contribution in [3.05, 3.63) is 39.4 Å². The van der Waals surface area contributed by atoms with E-state index in [-0.39, 0.29) is 23.7 Å². The summed E-state index contributed by atoms with van der Waals surface area (Å²) in [6, 6.07) is 4.80. The number of non-ortho nitro benzene ring substituents is 1. The van der Waals surface area contributed by atoms with E-state index < -0.39 is 4.92 Å². The van der Waals surface area contributed by atoms with Gasteiger partial charge in [-0.15, -0.1) is 0 Å². The largest absolute Gasteiger partial charge is 0.462 e. The molecule has 0 spiro atoms. The predicted octanol–water partition coefficient (Wildman–Crippen LogP) is 2.19. The minimum absolute atomic E-state index is 0.00815. The van der Waals surface area contributed by atoms with Crippen molar-refractivity contribution in [2.75, 3.05) is 0 Å². The van der Waals surface area contributed by atoms with Crippen molar-refractivity contribution in [1.82, 2.24) is 0 Å². The normalized spacial score (nSPS) is 22.0. The monoisotopic (exact) mass is 235 g/mol. The Bertz CT molecular complexity index is 483. The lowest BCUT2D eigenvalue weighted by molar-refractivity contribution is -0.384. The smallest absolute Gasteiger partial charge is 0.302 e. The van der Waals surface area contributed by atoms with Gasteiger partial charge >= 0.3 is 5.97 Å². The number of nitrogens with zero attached hydrogens (tertiary/aromatic N) is 1. The second-order valence-electron chi connectivity index (χ2n) is 4.28. The average molecular weight is 235 g/mol. The van der Waals surface area contributed by atoms with E-state index in [2.05, 4.69) is 0 Å². The van der Waals surface area contributed by atoms with Gasteiger partial charge in [-0.3, -0.25) is 14.9 Å². The summed E-state index contributed by atoms with van der Waals surface area (Å²) in [7, 11) is 0. The highest BCUT2D eigenvalue weighted by atomic mass is 16.6. The zero-order chi connectivity index (χ0) is 12.6. The molecule has 0 heterocycles. The van der Waals surface area contributed by atoms with Gasteiger partial charge < -0.3 is 4.74 Å². The van der Waals surface area contributed by atoms with Gasteiger partial charge in [-0.2, -0.15) is 0 Å². The van der Waals surface area contributed by atoms with Gasteiger partial charge in [-0.25, -0.2) is 0 Å². The molecule has 1 aliphatic carbocycles. The van der Waals surface area contributed by atoms with Crippen molar-refractivity contribution in [1.29, 1.82) is 0 Å². The van der Waals surface area contributed by atoms with Crippen LogP contribution in [0.3, 0.4) is 0 Å². The molecule has 0 saturated heterocycles. The van der Waals surface area contributed by atoms with E-state index in [0.29, 0.717) is 6.42 Å². The third-order valence-corrected chi connectivity index (χ3v) is 3.13. The first-order valence-electron chi connectivity index (χ1n) is 5.43. The first-order valence-corrected chi connectivity index (χ1v) is 5.43. The molecule has 1 aromatic rings. The second kappa shape index (κ2) is 4.16. The summed E-state index contributed by atoms with van der Waals surface area (Å²) in [5.74, 6) is -0.307. The molecule has 2 rings (SSSR count). The summed E-state index contributed by atoms with van der Waals surface area (Å²) >= 11 is 0. The molecule has 0 aromatic heterocycles. The topological polar surface area (TPSA) is 69.4 Å². The van der Waals surface area contributed by atoms with Crippen LogP contribution < -0.4 is 0 Å². The second-order valence-corrected chi connectivity index (χ2v) is 4.28.